The second kappa shape index (κ2) is 10.4. The molecule has 102 valence electrons. The van der Waals surface area contributed by atoms with Crippen LogP contribution in [-0.4, -0.2) is 20.7 Å². The van der Waals surface area contributed by atoms with Gasteiger partial charge >= 0.3 is 0 Å². The van der Waals surface area contributed by atoms with Gasteiger partial charge in [-0.2, -0.15) is 0 Å². The van der Waals surface area contributed by atoms with E-state index in [0.717, 1.165) is 12.8 Å². The van der Waals surface area contributed by atoms with Gasteiger partial charge in [-0.15, -0.1) is 0 Å². The molecule has 0 saturated heterocycles. The molecule has 4 heteroatoms. The van der Waals surface area contributed by atoms with E-state index in [1.807, 2.05) is 39.8 Å². The number of hydrogen-bond donors (Lipinski definition) is 0. The lowest BCUT2D eigenvalue weighted by molar-refractivity contribution is -0.107. The molecular weight excluding hydrogens is 264 g/mol. The average Bonchev–Trinajstić information content (AvgIpc) is 2.20. The van der Waals surface area contributed by atoms with E-state index in [9.17, 15) is 9.59 Å². The van der Waals surface area contributed by atoms with Crippen LogP contribution in [0.15, 0.2) is 24.3 Å². The van der Waals surface area contributed by atoms with Crippen LogP contribution in [-0.2, 0) is 9.59 Å². The van der Waals surface area contributed by atoms with E-state index in [-0.39, 0.29) is 10.2 Å². The Morgan fingerprint density at radius 2 is 1.17 bits per heavy atom. The van der Waals surface area contributed by atoms with Crippen LogP contribution in [0.5, 0.6) is 0 Å². The molecule has 2 nitrogen and oxygen atoms in total. The largest absolute Gasteiger partial charge is 0.282 e. The number of hydrogen-bond acceptors (Lipinski definition) is 4. The van der Waals surface area contributed by atoms with Crippen LogP contribution in [0.25, 0.3) is 0 Å². The van der Waals surface area contributed by atoms with Crippen molar-refractivity contribution in [2.45, 2.75) is 51.0 Å². The highest BCUT2D eigenvalue weighted by atomic mass is 32.2. The lowest BCUT2D eigenvalue weighted by Gasteiger charge is -1.98. The number of rotatable bonds is 7. The van der Waals surface area contributed by atoms with Crippen LogP contribution in [0.1, 0.15) is 40.5 Å². The van der Waals surface area contributed by atoms with E-state index in [1.54, 1.807) is 12.2 Å². The first-order valence-corrected chi connectivity index (χ1v) is 7.92. The van der Waals surface area contributed by atoms with Gasteiger partial charge in [0.15, 0.2) is 0 Å². The van der Waals surface area contributed by atoms with Crippen molar-refractivity contribution in [3.05, 3.63) is 24.3 Å². The van der Waals surface area contributed by atoms with Crippen molar-refractivity contribution in [3.8, 4) is 0 Å². The van der Waals surface area contributed by atoms with Crippen LogP contribution >= 0.6 is 23.5 Å². The smallest absolute Gasteiger partial charge is 0.212 e. The van der Waals surface area contributed by atoms with Gasteiger partial charge in [0, 0.05) is 10.5 Å². The zero-order valence-corrected chi connectivity index (χ0v) is 13.1. The highest BCUT2D eigenvalue weighted by Crippen LogP contribution is 2.12. The number of carbonyl (C=O) groups excluding carboxylic acids is 2. The first-order chi connectivity index (χ1) is 8.41. The fraction of sp³-hybridized carbons (Fsp3) is 0.571. The highest BCUT2D eigenvalue weighted by molar-refractivity contribution is 8.14. The van der Waals surface area contributed by atoms with E-state index >= 15 is 0 Å². The van der Waals surface area contributed by atoms with Gasteiger partial charge in [-0.3, -0.25) is 9.59 Å². The monoisotopic (exact) mass is 286 g/mol. The third kappa shape index (κ3) is 12.0. The topological polar surface area (TPSA) is 34.1 Å². The summed E-state index contributed by atoms with van der Waals surface area (Å²) in [5.41, 5.74) is 0. The van der Waals surface area contributed by atoms with E-state index in [0.29, 0.717) is 10.5 Å². The van der Waals surface area contributed by atoms with Gasteiger partial charge in [0.25, 0.3) is 0 Å². The van der Waals surface area contributed by atoms with Crippen molar-refractivity contribution >= 4 is 33.8 Å². The first kappa shape index (κ1) is 17.5. The van der Waals surface area contributed by atoms with Gasteiger partial charge in [-0.05, 0) is 25.0 Å². The Hall–Kier alpha value is -0.480. The molecular formula is C14H22O2S2. The Labute approximate surface area is 119 Å². The Balaban J connectivity index is 3.73. The molecule has 0 saturated carbocycles. The normalized spacial score (nSPS) is 12.1. The summed E-state index contributed by atoms with van der Waals surface area (Å²) >= 11 is 2.66. The maximum absolute atomic E-state index is 11.3. The lowest BCUT2D eigenvalue weighted by Crippen LogP contribution is -1.94. The van der Waals surface area contributed by atoms with Crippen LogP contribution in [0.4, 0.5) is 0 Å². The summed E-state index contributed by atoms with van der Waals surface area (Å²) < 4.78 is 0. The van der Waals surface area contributed by atoms with Crippen LogP contribution in [0, 0.1) is 0 Å². The van der Waals surface area contributed by atoms with Crippen molar-refractivity contribution in [1.29, 1.82) is 0 Å². The summed E-state index contributed by atoms with van der Waals surface area (Å²) in [5, 5.41) is 0.848. The molecule has 0 aromatic rings. The number of thioether (sulfide) groups is 2. The third-order valence-corrected chi connectivity index (χ3v) is 3.39. The molecule has 0 aliphatic heterocycles. The SMILES string of the molecule is CC(C)SC(=O)/C=C/CC/C=C/C(=O)SC(C)C. The molecule has 0 spiro atoms. The first-order valence-electron chi connectivity index (χ1n) is 6.16. The molecule has 0 bridgehead atoms. The van der Waals surface area contributed by atoms with Crippen molar-refractivity contribution < 1.29 is 9.59 Å². The van der Waals surface area contributed by atoms with Crippen LogP contribution < -0.4 is 0 Å². The number of unbranched alkanes of at least 4 members (excludes halogenated alkanes) is 1. The molecule has 0 aliphatic rings. The number of carbonyl (C=O) groups is 2. The summed E-state index contributed by atoms with van der Waals surface area (Å²) in [7, 11) is 0. The second-order valence-electron chi connectivity index (χ2n) is 4.35. The van der Waals surface area contributed by atoms with Crippen molar-refractivity contribution in [3.63, 3.8) is 0 Å². The molecule has 0 atom stereocenters. The van der Waals surface area contributed by atoms with Gasteiger partial charge in [-0.1, -0.05) is 63.4 Å². The van der Waals surface area contributed by atoms with Crippen molar-refractivity contribution in [2.75, 3.05) is 0 Å². The minimum Gasteiger partial charge on any atom is -0.282 e. The van der Waals surface area contributed by atoms with E-state index in [4.69, 9.17) is 0 Å². The average molecular weight is 286 g/mol. The van der Waals surface area contributed by atoms with Gasteiger partial charge < -0.3 is 0 Å². The van der Waals surface area contributed by atoms with Crippen LogP contribution in [0.3, 0.4) is 0 Å². The quantitative estimate of drug-likeness (QED) is 0.518. The summed E-state index contributed by atoms with van der Waals surface area (Å²) in [6.45, 7) is 7.99. The van der Waals surface area contributed by atoms with Gasteiger partial charge in [0.1, 0.15) is 0 Å². The maximum atomic E-state index is 11.3. The molecule has 0 aliphatic carbocycles. The second-order valence-corrected chi connectivity index (χ2v) is 7.52. The fourth-order valence-electron chi connectivity index (χ4n) is 1.09. The highest BCUT2D eigenvalue weighted by Gasteiger charge is 2.01. The Morgan fingerprint density at radius 3 is 1.44 bits per heavy atom. The lowest BCUT2D eigenvalue weighted by atomic mass is 10.3. The number of allylic oxidation sites excluding steroid dienone is 2. The van der Waals surface area contributed by atoms with E-state index < -0.39 is 0 Å². The molecule has 0 aromatic carbocycles. The Morgan fingerprint density at radius 1 is 0.833 bits per heavy atom. The molecule has 0 N–H and O–H groups in total. The minimum atomic E-state index is 0.0976. The molecule has 18 heavy (non-hydrogen) atoms. The fourth-order valence-corrected chi connectivity index (χ4v) is 2.37. The molecule has 0 amide bonds. The Kier molecular flexibility index (Phi) is 10.2. The van der Waals surface area contributed by atoms with Gasteiger partial charge in [0.2, 0.25) is 10.2 Å². The summed E-state index contributed by atoms with van der Waals surface area (Å²) in [6.07, 6.45) is 8.54. The van der Waals surface area contributed by atoms with E-state index in [2.05, 4.69) is 0 Å². The summed E-state index contributed by atoms with van der Waals surface area (Å²) in [4.78, 5) is 22.6. The third-order valence-electron chi connectivity index (χ3n) is 1.71. The molecule has 0 fully saturated rings. The molecule has 0 heterocycles. The van der Waals surface area contributed by atoms with Crippen molar-refractivity contribution in [1.82, 2.24) is 0 Å². The minimum absolute atomic E-state index is 0.0976. The van der Waals surface area contributed by atoms with Gasteiger partial charge in [-0.25, -0.2) is 0 Å². The Bertz CT molecular complexity index is 286. The molecule has 0 rings (SSSR count). The van der Waals surface area contributed by atoms with E-state index in [1.165, 1.54) is 23.5 Å². The zero-order chi connectivity index (χ0) is 14.0. The predicted octanol–water partition coefficient (Wildman–Crippen LogP) is 4.22. The maximum Gasteiger partial charge on any atom is 0.212 e. The zero-order valence-electron chi connectivity index (χ0n) is 11.5. The van der Waals surface area contributed by atoms with Crippen LogP contribution in [0.2, 0.25) is 0 Å². The van der Waals surface area contributed by atoms with Gasteiger partial charge in [0.05, 0.1) is 0 Å². The molecule has 0 radical (unpaired) electrons. The van der Waals surface area contributed by atoms with Crippen molar-refractivity contribution in [2.24, 2.45) is 0 Å². The summed E-state index contributed by atoms with van der Waals surface area (Å²) in [5.74, 6) is 0. The standard InChI is InChI=1S/C14H22O2S2/c1-11(2)17-13(15)9-7-5-6-8-10-14(16)18-12(3)4/h7-12H,5-6H2,1-4H3/b9-7+,10-8+. The predicted molar refractivity (Wildman–Crippen MR) is 83.0 cm³/mol. The molecule has 0 unspecified atom stereocenters. The molecule has 0 aromatic heterocycles. The summed E-state index contributed by atoms with van der Waals surface area (Å²) in [6, 6.07) is 0.